The molecule has 0 radical (unpaired) electrons. The summed E-state index contributed by atoms with van der Waals surface area (Å²) in [6.45, 7) is 3.98. The molecule has 0 aromatic heterocycles. The Morgan fingerprint density at radius 1 is 1.38 bits per heavy atom. The lowest BCUT2D eigenvalue weighted by atomic mass is 9.99. The number of rotatable bonds is 4. The van der Waals surface area contributed by atoms with Crippen molar-refractivity contribution >= 4 is 5.97 Å². The Morgan fingerprint density at radius 3 is 2.56 bits per heavy atom. The Hall–Kier alpha value is -0.650. The van der Waals surface area contributed by atoms with E-state index in [1.807, 2.05) is 0 Å². The quantitative estimate of drug-likeness (QED) is 0.726. The highest BCUT2D eigenvalue weighted by atomic mass is 16.5. The van der Waals surface area contributed by atoms with E-state index in [9.17, 15) is 4.79 Å². The number of hydrogen-bond donors (Lipinski definition) is 1. The van der Waals surface area contributed by atoms with E-state index < -0.39 is 5.97 Å². The molecule has 0 unspecified atom stereocenters. The van der Waals surface area contributed by atoms with Crippen molar-refractivity contribution in [1.82, 2.24) is 9.80 Å². The van der Waals surface area contributed by atoms with Crippen molar-refractivity contribution in [2.24, 2.45) is 0 Å². The summed E-state index contributed by atoms with van der Waals surface area (Å²) in [5.74, 6) is -0.877. The number of likely N-dealkylation sites (tertiary alicyclic amines) is 2. The van der Waals surface area contributed by atoms with Gasteiger partial charge in [-0.2, -0.15) is 0 Å². The molecule has 2 aliphatic heterocycles. The van der Waals surface area contributed by atoms with Crippen LogP contribution in [-0.2, 0) is 9.53 Å². The monoisotopic (exact) mass is 228 g/mol. The molecule has 0 atom stereocenters. The van der Waals surface area contributed by atoms with Gasteiger partial charge in [0.05, 0.1) is 6.10 Å². The zero-order valence-corrected chi connectivity index (χ0v) is 9.76. The third-order valence-corrected chi connectivity index (χ3v) is 3.52. The second-order valence-corrected chi connectivity index (χ2v) is 4.82. The van der Waals surface area contributed by atoms with Crippen molar-refractivity contribution in [2.75, 3.05) is 39.8 Å². The summed E-state index contributed by atoms with van der Waals surface area (Å²) in [6, 6.07) is 0.681. The summed E-state index contributed by atoms with van der Waals surface area (Å²) in [5, 5.41) is 8.48. The van der Waals surface area contributed by atoms with Crippen LogP contribution in [0.2, 0.25) is 0 Å². The minimum absolute atomic E-state index is 0.135. The molecule has 2 saturated heterocycles. The maximum atomic E-state index is 10.3. The van der Waals surface area contributed by atoms with Gasteiger partial charge in [0.2, 0.25) is 0 Å². The van der Waals surface area contributed by atoms with Crippen LogP contribution in [0.4, 0.5) is 0 Å². The number of carboxylic acid groups (broad SMARTS) is 1. The molecule has 16 heavy (non-hydrogen) atoms. The van der Waals surface area contributed by atoms with Gasteiger partial charge in [-0.1, -0.05) is 0 Å². The molecule has 1 N–H and O–H groups in total. The highest BCUT2D eigenvalue weighted by molar-refractivity contribution is 5.68. The number of aliphatic carboxylic acids is 1. The van der Waals surface area contributed by atoms with Crippen LogP contribution in [0.25, 0.3) is 0 Å². The van der Waals surface area contributed by atoms with Gasteiger partial charge >= 0.3 is 5.97 Å². The van der Waals surface area contributed by atoms with E-state index in [0.717, 1.165) is 13.1 Å². The van der Waals surface area contributed by atoms with Crippen LogP contribution in [0.1, 0.15) is 12.8 Å². The van der Waals surface area contributed by atoms with Gasteiger partial charge in [0.1, 0.15) is 6.61 Å². The maximum absolute atomic E-state index is 10.3. The van der Waals surface area contributed by atoms with Crippen molar-refractivity contribution in [2.45, 2.75) is 25.0 Å². The standard InChI is InChI=1S/C11H20N2O3/c1-12-4-2-9(3-5-12)13-6-10(7-13)16-8-11(14)15/h9-10H,2-8H2,1H3,(H,14,15). The summed E-state index contributed by atoms with van der Waals surface area (Å²) in [4.78, 5) is 15.1. The number of piperidine rings is 1. The van der Waals surface area contributed by atoms with Crippen LogP contribution in [0.5, 0.6) is 0 Å². The van der Waals surface area contributed by atoms with Crippen LogP contribution in [0.3, 0.4) is 0 Å². The van der Waals surface area contributed by atoms with Crippen LogP contribution >= 0.6 is 0 Å². The molecular formula is C11H20N2O3. The van der Waals surface area contributed by atoms with E-state index >= 15 is 0 Å². The Labute approximate surface area is 96.0 Å². The van der Waals surface area contributed by atoms with Crippen LogP contribution in [-0.4, -0.2) is 72.9 Å². The minimum Gasteiger partial charge on any atom is -0.480 e. The van der Waals surface area contributed by atoms with Gasteiger partial charge in [0, 0.05) is 19.1 Å². The number of carbonyl (C=O) groups is 1. The second-order valence-electron chi connectivity index (χ2n) is 4.82. The van der Waals surface area contributed by atoms with Gasteiger partial charge in [0.15, 0.2) is 0 Å². The van der Waals surface area contributed by atoms with Crippen LogP contribution in [0, 0.1) is 0 Å². The van der Waals surface area contributed by atoms with E-state index in [-0.39, 0.29) is 12.7 Å². The molecule has 2 fully saturated rings. The third-order valence-electron chi connectivity index (χ3n) is 3.52. The van der Waals surface area contributed by atoms with Crippen molar-refractivity contribution in [3.8, 4) is 0 Å². The molecule has 2 aliphatic rings. The highest BCUT2D eigenvalue weighted by Gasteiger charge is 2.34. The number of nitrogens with zero attached hydrogens (tertiary/aromatic N) is 2. The van der Waals surface area contributed by atoms with E-state index in [1.165, 1.54) is 25.9 Å². The lowest BCUT2D eigenvalue weighted by Gasteiger charge is -2.46. The first kappa shape index (κ1) is 11.8. The fourth-order valence-electron chi connectivity index (χ4n) is 2.42. The fraction of sp³-hybridized carbons (Fsp3) is 0.909. The molecule has 92 valence electrons. The summed E-state index contributed by atoms with van der Waals surface area (Å²) >= 11 is 0. The molecule has 5 heteroatoms. The molecule has 2 rings (SSSR count). The average molecular weight is 228 g/mol. The SMILES string of the molecule is CN1CCC(N2CC(OCC(=O)O)C2)CC1. The minimum atomic E-state index is -0.877. The van der Waals surface area contributed by atoms with Crippen molar-refractivity contribution in [3.05, 3.63) is 0 Å². The second kappa shape index (κ2) is 5.12. The fourth-order valence-corrected chi connectivity index (χ4v) is 2.42. The van der Waals surface area contributed by atoms with E-state index in [4.69, 9.17) is 9.84 Å². The lowest BCUT2D eigenvalue weighted by Crippen LogP contribution is -2.58. The summed E-state index contributed by atoms with van der Waals surface area (Å²) in [5.41, 5.74) is 0. The van der Waals surface area contributed by atoms with Gasteiger partial charge < -0.3 is 14.7 Å². The van der Waals surface area contributed by atoms with Gasteiger partial charge in [-0.05, 0) is 33.0 Å². The van der Waals surface area contributed by atoms with E-state index in [2.05, 4.69) is 16.8 Å². The molecule has 0 aliphatic carbocycles. The molecule has 0 spiro atoms. The predicted molar refractivity (Wildman–Crippen MR) is 59.5 cm³/mol. The predicted octanol–water partition coefficient (Wildman–Crippen LogP) is -0.134. The van der Waals surface area contributed by atoms with Gasteiger partial charge in [-0.15, -0.1) is 0 Å². The third kappa shape index (κ3) is 2.93. The zero-order chi connectivity index (χ0) is 11.5. The van der Waals surface area contributed by atoms with Gasteiger partial charge in [0.25, 0.3) is 0 Å². The smallest absolute Gasteiger partial charge is 0.329 e. The first-order valence-electron chi connectivity index (χ1n) is 5.91. The highest BCUT2D eigenvalue weighted by Crippen LogP contribution is 2.22. The number of hydrogen-bond acceptors (Lipinski definition) is 4. The Morgan fingerprint density at radius 2 is 2.00 bits per heavy atom. The normalized spacial score (nSPS) is 25.6. The van der Waals surface area contributed by atoms with Crippen molar-refractivity contribution in [3.63, 3.8) is 0 Å². The molecular weight excluding hydrogens is 208 g/mol. The first-order chi connectivity index (χ1) is 7.65. The van der Waals surface area contributed by atoms with Crippen LogP contribution < -0.4 is 0 Å². The molecule has 5 nitrogen and oxygen atoms in total. The summed E-state index contributed by atoms with van der Waals surface area (Å²) < 4.78 is 5.23. The van der Waals surface area contributed by atoms with Crippen molar-refractivity contribution < 1.29 is 14.6 Å². The number of carboxylic acids is 1. The zero-order valence-electron chi connectivity index (χ0n) is 9.76. The van der Waals surface area contributed by atoms with Gasteiger partial charge in [-0.25, -0.2) is 4.79 Å². The topological polar surface area (TPSA) is 53.0 Å². The molecule has 0 saturated carbocycles. The van der Waals surface area contributed by atoms with E-state index in [1.54, 1.807) is 0 Å². The van der Waals surface area contributed by atoms with E-state index in [0.29, 0.717) is 6.04 Å². The molecule has 0 amide bonds. The molecule has 2 heterocycles. The summed E-state index contributed by atoms with van der Waals surface area (Å²) in [7, 11) is 2.16. The summed E-state index contributed by atoms with van der Waals surface area (Å²) in [6.07, 6.45) is 2.58. The maximum Gasteiger partial charge on any atom is 0.329 e. The molecule has 0 aromatic carbocycles. The van der Waals surface area contributed by atoms with Crippen LogP contribution in [0.15, 0.2) is 0 Å². The largest absolute Gasteiger partial charge is 0.480 e. The lowest BCUT2D eigenvalue weighted by molar-refractivity contribution is -0.150. The molecule has 0 bridgehead atoms. The Bertz CT molecular complexity index is 246. The Balaban J connectivity index is 1.62. The average Bonchev–Trinajstić information content (AvgIpc) is 2.18. The first-order valence-corrected chi connectivity index (χ1v) is 5.91. The Kier molecular flexibility index (Phi) is 3.78. The molecule has 0 aromatic rings. The van der Waals surface area contributed by atoms with Crippen molar-refractivity contribution in [1.29, 1.82) is 0 Å². The van der Waals surface area contributed by atoms with Gasteiger partial charge in [-0.3, -0.25) is 4.90 Å². The number of ether oxygens (including phenoxy) is 1.